The molecule has 0 unspecified atom stereocenters. The number of nitrogens with zero attached hydrogens (tertiary/aromatic N) is 2. The van der Waals surface area contributed by atoms with E-state index in [2.05, 4.69) is 10.5 Å². The van der Waals surface area contributed by atoms with Crippen LogP contribution in [0, 0.1) is 10.1 Å². The van der Waals surface area contributed by atoms with Crippen molar-refractivity contribution in [2.24, 2.45) is 5.10 Å². The Morgan fingerprint density at radius 3 is 2.25 bits per heavy atom. The Kier molecular flexibility index (Phi) is 7.32. The summed E-state index contributed by atoms with van der Waals surface area (Å²) in [5, 5.41) is 15.1. The summed E-state index contributed by atoms with van der Waals surface area (Å²) in [4.78, 5) is 23.0. The number of carbonyl (C=O) groups excluding carboxylic acids is 1. The van der Waals surface area contributed by atoms with Gasteiger partial charge in [0.1, 0.15) is 0 Å². The van der Waals surface area contributed by atoms with E-state index in [1.165, 1.54) is 26.4 Å². The molecule has 32 heavy (non-hydrogen) atoms. The largest absolute Gasteiger partial charge is 0.493 e. The molecule has 0 aliphatic heterocycles. The van der Waals surface area contributed by atoms with E-state index in [0.29, 0.717) is 22.8 Å². The summed E-state index contributed by atoms with van der Waals surface area (Å²) < 4.78 is 10.4. The maximum absolute atomic E-state index is 12.6. The maximum atomic E-state index is 12.6. The van der Waals surface area contributed by atoms with Crippen LogP contribution in [0.3, 0.4) is 0 Å². The number of nitro benzene ring substituents is 1. The minimum Gasteiger partial charge on any atom is -0.493 e. The van der Waals surface area contributed by atoms with Crippen LogP contribution < -0.4 is 14.9 Å². The van der Waals surface area contributed by atoms with Crippen LogP contribution in [0.5, 0.6) is 11.5 Å². The maximum Gasteiger partial charge on any atom is 0.271 e. The molecule has 0 heterocycles. The van der Waals surface area contributed by atoms with Gasteiger partial charge in [-0.1, -0.05) is 36.4 Å². The highest BCUT2D eigenvalue weighted by Gasteiger charge is 2.11. The van der Waals surface area contributed by atoms with Gasteiger partial charge >= 0.3 is 0 Å². The van der Waals surface area contributed by atoms with E-state index < -0.39 is 10.8 Å². The number of hydrogen-bond acceptors (Lipinski definition) is 6. The minimum atomic E-state index is -0.450. The van der Waals surface area contributed by atoms with Crippen molar-refractivity contribution in [2.75, 3.05) is 14.2 Å². The van der Waals surface area contributed by atoms with Crippen molar-refractivity contribution in [1.29, 1.82) is 0 Å². The zero-order valence-electron chi connectivity index (χ0n) is 17.5. The molecular formula is C24H21N3O5. The van der Waals surface area contributed by atoms with Crippen molar-refractivity contribution in [3.05, 3.63) is 106 Å². The lowest BCUT2D eigenvalue weighted by Crippen LogP contribution is -2.19. The first-order valence-corrected chi connectivity index (χ1v) is 9.60. The van der Waals surface area contributed by atoms with Gasteiger partial charge in [-0.05, 0) is 42.0 Å². The minimum absolute atomic E-state index is 0.0151. The second-order valence-electron chi connectivity index (χ2n) is 6.56. The molecule has 1 N–H and O–H groups in total. The topological polar surface area (TPSA) is 103 Å². The first kappa shape index (κ1) is 22.2. The monoisotopic (exact) mass is 431 g/mol. The van der Waals surface area contributed by atoms with Crippen molar-refractivity contribution in [2.45, 2.75) is 0 Å². The number of rotatable bonds is 8. The van der Waals surface area contributed by atoms with Crippen LogP contribution in [-0.4, -0.2) is 30.8 Å². The van der Waals surface area contributed by atoms with Gasteiger partial charge in [-0.25, -0.2) is 5.43 Å². The van der Waals surface area contributed by atoms with Crippen LogP contribution in [-0.2, 0) is 0 Å². The fourth-order valence-corrected chi connectivity index (χ4v) is 2.84. The van der Waals surface area contributed by atoms with E-state index in [0.717, 1.165) is 11.1 Å². The van der Waals surface area contributed by atoms with Gasteiger partial charge in [-0.3, -0.25) is 14.9 Å². The van der Waals surface area contributed by atoms with Gasteiger partial charge < -0.3 is 9.47 Å². The van der Waals surface area contributed by atoms with Gasteiger partial charge in [0.15, 0.2) is 11.5 Å². The van der Waals surface area contributed by atoms with E-state index in [1.54, 1.807) is 42.5 Å². The molecular weight excluding hydrogens is 410 g/mol. The van der Waals surface area contributed by atoms with Crippen molar-refractivity contribution in [3.8, 4) is 11.5 Å². The number of nitro groups is 1. The fourth-order valence-electron chi connectivity index (χ4n) is 2.84. The summed E-state index contributed by atoms with van der Waals surface area (Å²) in [6.07, 6.45) is 3.49. The Balaban J connectivity index is 1.84. The lowest BCUT2D eigenvalue weighted by molar-refractivity contribution is -0.384. The molecule has 0 saturated heterocycles. The third kappa shape index (κ3) is 5.57. The zero-order chi connectivity index (χ0) is 22.9. The molecule has 0 radical (unpaired) electrons. The summed E-state index contributed by atoms with van der Waals surface area (Å²) in [5.41, 5.74) is 4.99. The molecule has 3 aromatic carbocycles. The molecule has 0 fully saturated rings. The van der Waals surface area contributed by atoms with Crippen LogP contribution in [0.25, 0.3) is 6.08 Å². The number of benzene rings is 3. The van der Waals surface area contributed by atoms with E-state index in [1.807, 2.05) is 30.3 Å². The highest BCUT2D eigenvalue weighted by atomic mass is 16.6. The number of amides is 1. The molecule has 0 spiro atoms. The van der Waals surface area contributed by atoms with Gasteiger partial charge in [-0.15, -0.1) is 0 Å². The molecule has 8 nitrogen and oxygen atoms in total. The molecule has 0 atom stereocenters. The van der Waals surface area contributed by atoms with Gasteiger partial charge in [0.05, 0.1) is 24.9 Å². The molecule has 0 saturated carbocycles. The Bertz CT molecular complexity index is 1160. The molecule has 0 aliphatic rings. The number of hydrogen-bond donors (Lipinski definition) is 1. The van der Waals surface area contributed by atoms with Crippen molar-refractivity contribution in [3.63, 3.8) is 0 Å². The molecule has 1 amide bonds. The van der Waals surface area contributed by atoms with E-state index in [9.17, 15) is 14.9 Å². The van der Waals surface area contributed by atoms with Gasteiger partial charge in [0.25, 0.3) is 11.6 Å². The van der Waals surface area contributed by atoms with Crippen LogP contribution in [0.15, 0.2) is 84.0 Å². The average Bonchev–Trinajstić information content (AvgIpc) is 2.84. The lowest BCUT2D eigenvalue weighted by atomic mass is 10.1. The SMILES string of the molecule is COc1ccc(C(=O)N/N=C(/C=C/c2ccc([N+](=O)[O-])cc2)c2ccccc2)cc1OC. The summed E-state index contributed by atoms with van der Waals surface area (Å²) >= 11 is 0. The second kappa shape index (κ2) is 10.5. The fraction of sp³-hybridized carbons (Fsp3) is 0.0833. The summed E-state index contributed by atoms with van der Waals surface area (Å²) in [6, 6.07) is 20.3. The number of ether oxygens (including phenoxy) is 2. The Labute approximate surface area is 185 Å². The van der Waals surface area contributed by atoms with E-state index in [-0.39, 0.29) is 5.69 Å². The molecule has 3 aromatic rings. The highest BCUT2D eigenvalue weighted by molar-refractivity contribution is 6.11. The van der Waals surface area contributed by atoms with Crippen molar-refractivity contribution >= 4 is 23.4 Å². The standard InChI is InChI=1S/C24H21N3O5/c1-31-22-15-11-19(16-23(22)32-2)24(28)26-25-21(18-6-4-3-5-7-18)14-10-17-8-12-20(13-9-17)27(29)30/h3-16H,1-2H3,(H,26,28)/b14-10+,25-21-. The molecule has 0 aliphatic carbocycles. The molecule has 3 rings (SSSR count). The first-order valence-electron chi connectivity index (χ1n) is 9.60. The third-order valence-electron chi connectivity index (χ3n) is 4.53. The van der Waals surface area contributed by atoms with Gasteiger partial charge in [0, 0.05) is 23.3 Å². The second-order valence-corrected chi connectivity index (χ2v) is 6.56. The predicted molar refractivity (Wildman–Crippen MR) is 122 cm³/mol. The van der Waals surface area contributed by atoms with E-state index >= 15 is 0 Å². The average molecular weight is 431 g/mol. The molecule has 8 heteroatoms. The summed E-state index contributed by atoms with van der Waals surface area (Å²) in [6.45, 7) is 0. The summed E-state index contributed by atoms with van der Waals surface area (Å²) in [7, 11) is 3.01. The van der Waals surface area contributed by atoms with Crippen molar-refractivity contribution in [1.82, 2.24) is 5.43 Å². The smallest absolute Gasteiger partial charge is 0.271 e. The number of methoxy groups -OCH3 is 2. The number of non-ortho nitro benzene ring substituents is 1. The quantitative estimate of drug-likeness (QED) is 0.322. The predicted octanol–water partition coefficient (Wildman–Crippen LogP) is 4.46. The number of hydrazone groups is 1. The van der Waals surface area contributed by atoms with Crippen LogP contribution >= 0.6 is 0 Å². The normalized spacial score (nSPS) is 11.2. The zero-order valence-corrected chi connectivity index (χ0v) is 17.5. The Morgan fingerprint density at radius 1 is 0.938 bits per heavy atom. The Hall–Kier alpha value is -4.46. The van der Waals surface area contributed by atoms with E-state index in [4.69, 9.17) is 9.47 Å². The van der Waals surface area contributed by atoms with Crippen LogP contribution in [0.2, 0.25) is 0 Å². The van der Waals surface area contributed by atoms with Gasteiger partial charge in [0.2, 0.25) is 0 Å². The number of nitrogens with one attached hydrogen (secondary N) is 1. The Morgan fingerprint density at radius 2 is 1.62 bits per heavy atom. The molecule has 162 valence electrons. The van der Waals surface area contributed by atoms with Crippen molar-refractivity contribution < 1.29 is 19.2 Å². The van der Waals surface area contributed by atoms with Crippen LogP contribution in [0.4, 0.5) is 5.69 Å². The number of allylic oxidation sites excluding steroid dienone is 1. The molecule has 0 aromatic heterocycles. The highest BCUT2D eigenvalue weighted by Crippen LogP contribution is 2.27. The lowest BCUT2D eigenvalue weighted by Gasteiger charge is -2.09. The first-order chi connectivity index (χ1) is 15.5. The molecule has 0 bridgehead atoms. The van der Waals surface area contributed by atoms with Crippen LogP contribution in [0.1, 0.15) is 21.5 Å². The van der Waals surface area contributed by atoms with Gasteiger partial charge in [-0.2, -0.15) is 5.10 Å². The summed E-state index contributed by atoms with van der Waals surface area (Å²) in [5.74, 6) is 0.539. The third-order valence-corrected chi connectivity index (χ3v) is 4.53. The number of carbonyl (C=O) groups is 1.